The lowest BCUT2D eigenvalue weighted by Gasteiger charge is -2.14. The molecule has 3 N–H and O–H groups in total. The molecule has 0 aliphatic carbocycles. The molecule has 0 saturated carbocycles. The maximum Gasteiger partial charge on any atom is 0.286 e. The minimum Gasteiger partial charge on any atom is -0.493 e. The molecule has 0 fully saturated rings. The van der Waals surface area contributed by atoms with E-state index in [4.69, 9.17) is 9.47 Å². The largest absolute Gasteiger partial charge is 0.493 e. The van der Waals surface area contributed by atoms with Gasteiger partial charge in [-0.25, -0.2) is 0 Å². The third-order valence-corrected chi connectivity index (χ3v) is 4.41. The average Bonchev–Trinajstić information content (AvgIpc) is 3.10. The van der Waals surface area contributed by atoms with Crippen molar-refractivity contribution in [2.45, 2.75) is 33.8 Å². The van der Waals surface area contributed by atoms with E-state index in [1.807, 2.05) is 33.8 Å². The van der Waals surface area contributed by atoms with Crippen LogP contribution in [-0.4, -0.2) is 30.0 Å². The molecule has 2 aromatic carbocycles. The normalized spacial score (nSPS) is 10.8. The Balaban J connectivity index is 1.70. The molecule has 7 nitrogen and oxygen atoms in total. The van der Waals surface area contributed by atoms with Crippen LogP contribution in [0, 0.1) is 13.8 Å². The van der Waals surface area contributed by atoms with Crippen LogP contribution in [0.5, 0.6) is 11.5 Å². The molecule has 1 aromatic heterocycles. The number of amides is 2. The fraction of sp³-hybridized carbons (Fsp3) is 0.273. The highest BCUT2D eigenvalue weighted by Crippen LogP contribution is 2.29. The predicted octanol–water partition coefficient (Wildman–Crippen LogP) is 3.66. The van der Waals surface area contributed by atoms with E-state index in [2.05, 4.69) is 21.9 Å². The molecule has 0 saturated heterocycles. The van der Waals surface area contributed by atoms with Gasteiger partial charge in [-0.3, -0.25) is 20.4 Å². The van der Waals surface area contributed by atoms with Crippen molar-refractivity contribution >= 4 is 22.7 Å². The van der Waals surface area contributed by atoms with Gasteiger partial charge in [-0.05, 0) is 69.2 Å². The van der Waals surface area contributed by atoms with E-state index in [0.29, 0.717) is 22.8 Å². The SMILES string of the molecule is COc1cc(C(=O)NNC(=O)c2cc3c(C)cc(C)cc3[nH]2)ccc1OC(C)C. The van der Waals surface area contributed by atoms with Crippen molar-refractivity contribution < 1.29 is 19.1 Å². The Bertz CT molecular complexity index is 1070. The second kappa shape index (κ2) is 8.26. The van der Waals surface area contributed by atoms with E-state index in [1.54, 1.807) is 24.3 Å². The number of hydrazine groups is 1. The Kier molecular flexibility index (Phi) is 5.77. The van der Waals surface area contributed by atoms with Crippen molar-refractivity contribution in [3.8, 4) is 11.5 Å². The van der Waals surface area contributed by atoms with Gasteiger partial charge in [0.2, 0.25) is 0 Å². The van der Waals surface area contributed by atoms with Crippen LogP contribution in [0.2, 0.25) is 0 Å². The third kappa shape index (κ3) is 4.51. The topological polar surface area (TPSA) is 92.5 Å². The third-order valence-electron chi connectivity index (χ3n) is 4.41. The summed E-state index contributed by atoms with van der Waals surface area (Å²) in [5.74, 6) is 0.0974. The van der Waals surface area contributed by atoms with Crippen LogP contribution in [0.25, 0.3) is 10.9 Å². The van der Waals surface area contributed by atoms with E-state index in [0.717, 1.165) is 22.0 Å². The summed E-state index contributed by atoms with van der Waals surface area (Å²) < 4.78 is 10.9. The van der Waals surface area contributed by atoms with Gasteiger partial charge in [-0.15, -0.1) is 0 Å². The number of methoxy groups -OCH3 is 1. The van der Waals surface area contributed by atoms with Crippen LogP contribution in [-0.2, 0) is 0 Å². The number of carbonyl (C=O) groups is 2. The summed E-state index contributed by atoms with van der Waals surface area (Å²) in [6.07, 6.45) is -0.0217. The van der Waals surface area contributed by atoms with Crippen molar-refractivity contribution in [3.63, 3.8) is 0 Å². The summed E-state index contributed by atoms with van der Waals surface area (Å²) in [4.78, 5) is 27.9. The van der Waals surface area contributed by atoms with E-state index in [-0.39, 0.29) is 6.10 Å². The molecule has 0 atom stereocenters. The highest BCUT2D eigenvalue weighted by atomic mass is 16.5. The van der Waals surface area contributed by atoms with E-state index in [9.17, 15) is 9.59 Å². The Morgan fingerprint density at radius 3 is 2.38 bits per heavy atom. The number of hydrogen-bond donors (Lipinski definition) is 3. The minimum absolute atomic E-state index is 0.0217. The number of fused-ring (bicyclic) bond motifs is 1. The number of hydrogen-bond acceptors (Lipinski definition) is 4. The molecule has 0 radical (unpaired) electrons. The van der Waals surface area contributed by atoms with Gasteiger partial charge in [-0.2, -0.15) is 0 Å². The van der Waals surface area contributed by atoms with Crippen molar-refractivity contribution in [2.75, 3.05) is 7.11 Å². The first-order valence-electron chi connectivity index (χ1n) is 9.34. The summed E-state index contributed by atoms with van der Waals surface area (Å²) in [7, 11) is 1.51. The van der Waals surface area contributed by atoms with Gasteiger partial charge in [0.05, 0.1) is 13.2 Å². The van der Waals surface area contributed by atoms with Gasteiger partial charge in [0.15, 0.2) is 11.5 Å². The molecule has 0 unspecified atom stereocenters. The van der Waals surface area contributed by atoms with E-state index in [1.165, 1.54) is 7.11 Å². The van der Waals surface area contributed by atoms with E-state index >= 15 is 0 Å². The maximum atomic E-state index is 12.4. The second-order valence-corrected chi connectivity index (χ2v) is 7.17. The Morgan fingerprint density at radius 1 is 0.966 bits per heavy atom. The van der Waals surface area contributed by atoms with Gasteiger partial charge in [-0.1, -0.05) is 6.07 Å². The second-order valence-electron chi connectivity index (χ2n) is 7.17. The number of nitrogens with one attached hydrogen (secondary N) is 3. The number of aromatic nitrogens is 1. The quantitative estimate of drug-likeness (QED) is 0.575. The van der Waals surface area contributed by atoms with Crippen molar-refractivity contribution in [1.82, 2.24) is 15.8 Å². The summed E-state index contributed by atoms with van der Waals surface area (Å²) in [6.45, 7) is 7.80. The number of rotatable bonds is 5. The summed E-state index contributed by atoms with van der Waals surface area (Å²) >= 11 is 0. The standard InChI is InChI=1S/C22H25N3O4/c1-12(2)29-19-7-6-15(10-20(19)28-5)21(26)24-25-22(27)18-11-16-14(4)8-13(3)9-17(16)23-18/h6-12,23H,1-5H3,(H,24,26)(H,25,27). The first-order valence-corrected chi connectivity index (χ1v) is 9.34. The van der Waals surface area contributed by atoms with Gasteiger partial charge >= 0.3 is 0 Å². The Morgan fingerprint density at radius 2 is 1.69 bits per heavy atom. The highest BCUT2D eigenvalue weighted by molar-refractivity contribution is 6.01. The number of carbonyl (C=O) groups excluding carboxylic acids is 2. The predicted molar refractivity (Wildman–Crippen MR) is 111 cm³/mol. The summed E-state index contributed by atoms with van der Waals surface area (Å²) in [5.41, 5.74) is 8.63. The van der Waals surface area contributed by atoms with Crippen molar-refractivity contribution in [3.05, 3.63) is 58.8 Å². The molecule has 3 rings (SSSR count). The molecule has 0 spiro atoms. The molecule has 1 heterocycles. The lowest BCUT2D eigenvalue weighted by molar-refractivity contribution is 0.0844. The molecule has 2 amide bonds. The van der Waals surface area contributed by atoms with Crippen LogP contribution in [0.3, 0.4) is 0 Å². The van der Waals surface area contributed by atoms with Gasteiger partial charge in [0, 0.05) is 16.5 Å². The van der Waals surface area contributed by atoms with Gasteiger partial charge in [0.1, 0.15) is 5.69 Å². The van der Waals surface area contributed by atoms with Gasteiger partial charge < -0.3 is 14.5 Å². The fourth-order valence-electron chi connectivity index (χ4n) is 3.13. The molecule has 152 valence electrons. The van der Waals surface area contributed by atoms with Crippen molar-refractivity contribution in [2.24, 2.45) is 0 Å². The summed E-state index contributed by atoms with van der Waals surface area (Å²) in [6, 6.07) is 10.6. The monoisotopic (exact) mass is 395 g/mol. The first kappa shape index (κ1) is 20.3. The smallest absolute Gasteiger partial charge is 0.286 e. The number of aromatic amines is 1. The van der Waals surface area contributed by atoms with Gasteiger partial charge in [0.25, 0.3) is 11.8 Å². The number of ether oxygens (including phenoxy) is 2. The molecule has 0 bridgehead atoms. The molecule has 3 aromatic rings. The fourth-order valence-corrected chi connectivity index (χ4v) is 3.13. The lowest BCUT2D eigenvalue weighted by Crippen LogP contribution is -2.41. The zero-order valence-corrected chi connectivity index (χ0v) is 17.2. The Hall–Kier alpha value is -3.48. The average molecular weight is 395 g/mol. The van der Waals surface area contributed by atoms with Crippen LogP contribution in [0.15, 0.2) is 36.4 Å². The van der Waals surface area contributed by atoms with E-state index < -0.39 is 11.8 Å². The molecule has 29 heavy (non-hydrogen) atoms. The number of aryl methyl sites for hydroxylation is 2. The molecule has 0 aliphatic rings. The minimum atomic E-state index is -0.462. The molecular formula is C22H25N3O4. The van der Waals surface area contributed by atoms with Crippen LogP contribution in [0.1, 0.15) is 45.8 Å². The molecule has 0 aliphatic heterocycles. The Labute approximate surface area is 169 Å². The number of H-pyrrole nitrogens is 1. The highest BCUT2D eigenvalue weighted by Gasteiger charge is 2.15. The zero-order valence-electron chi connectivity index (χ0n) is 17.2. The molecular weight excluding hydrogens is 370 g/mol. The van der Waals surface area contributed by atoms with Crippen LogP contribution >= 0.6 is 0 Å². The first-order chi connectivity index (χ1) is 13.8. The summed E-state index contributed by atoms with van der Waals surface area (Å²) in [5, 5.41) is 0.970. The van der Waals surface area contributed by atoms with Crippen molar-refractivity contribution in [1.29, 1.82) is 0 Å². The lowest BCUT2D eigenvalue weighted by atomic mass is 10.1. The van der Waals surface area contributed by atoms with Crippen LogP contribution in [0.4, 0.5) is 0 Å². The maximum absolute atomic E-state index is 12.4. The molecule has 7 heteroatoms. The number of benzene rings is 2. The zero-order chi connectivity index (χ0) is 21.1. The van der Waals surface area contributed by atoms with Crippen LogP contribution < -0.4 is 20.3 Å².